The van der Waals surface area contributed by atoms with Crippen molar-refractivity contribution in [3.8, 4) is 17.0 Å². The lowest BCUT2D eigenvalue weighted by Gasteiger charge is -2.39. The van der Waals surface area contributed by atoms with E-state index >= 15 is 0 Å². The summed E-state index contributed by atoms with van der Waals surface area (Å²) in [5.41, 5.74) is 1.83. The van der Waals surface area contributed by atoms with E-state index in [-0.39, 0.29) is 5.75 Å². The molecule has 32 heavy (non-hydrogen) atoms. The van der Waals surface area contributed by atoms with Crippen LogP contribution in [-0.2, 0) is 28.6 Å². The minimum absolute atomic E-state index is 0.284. The van der Waals surface area contributed by atoms with Crippen molar-refractivity contribution in [1.29, 1.82) is 0 Å². The van der Waals surface area contributed by atoms with Crippen molar-refractivity contribution in [2.24, 2.45) is 0 Å². The van der Waals surface area contributed by atoms with E-state index < -0.39 is 41.7 Å². The smallest absolute Gasteiger partial charge is 0.303 e. The Kier molecular flexibility index (Phi) is 7.68. The molecule has 2 aromatic rings. The first-order valence-corrected chi connectivity index (χ1v) is 11.0. The highest BCUT2D eigenvalue weighted by Crippen LogP contribution is 2.34. The third kappa shape index (κ3) is 6.19. The number of rotatable bonds is 6. The molecule has 0 saturated carbocycles. The number of hydrogen-bond donors (Lipinski definition) is 0. The Balaban J connectivity index is 1.87. The third-order valence-electron chi connectivity index (χ3n) is 4.48. The highest BCUT2D eigenvalue weighted by atomic mass is 32.2. The van der Waals surface area contributed by atoms with Crippen molar-refractivity contribution in [2.75, 3.05) is 5.75 Å². The number of esters is 3. The molecule has 0 aliphatic carbocycles. The number of thioether (sulfide) groups is 1. The second-order valence-electron chi connectivity index (χ2n) is 7.24. The molecule has 0 spiro atoms. The summed E-state index contributed by atoms with van der Waals surface area (Å²) < 4.78 is 22.2. The molecule has 1 fully saturated rings. The zero-order chi connectivity index (χ0) is 23.3. The van der Waals surface area contributed by atoms with E-state index in [9.17, 15) is 14.4 Å². The van der Waals surface area contributed by atoms with Gasteiger partial charge in [0.1, 0.15) is 5.75 Å². The van der Waals surface area contributed by atoms with Gasteiger partial charge >= 0.3 is 17.9 Å². The maximum atomic E-state index is 11.8. The number of ether oxygens (including phenoxy) is 4. The molecule has 0 bridgehead atoms. The zero-order valence-electron chi connectivity index (χ0n) is 18.1. The lowest BCUT2D eigenvalue weighted by Crippen LogP contribution is -2.55. The first-order valence-electron chi connectivity index (χ1n) is 9.91. The van der Waals surface area contributed by atoms with Crippen LogP contribution in [0.1, 0.15) is 26.3 Å². The number of carbonyl (C=O) groups is 3. The second kappa shape index (κ2) is 10.4. The van der Waals surface area contributed by atoms with Gasteiger partial charge in [-0.3, -0.25) is 24.4 Å². The fraction of sp³-hybridized carbons (Fsp3) is 0.409. The Labute approximate surface area is 189 Å². The Morgan fingerprint density at radius 3 is 2.31 bits per heavy atom. The normalized spacial score (nSPS) is 22.5. The first kappa shape index (κ1) is 23.5. The van der Waals surface area contributed by atoms with E-state index in [0.717, 1.165) is 16.8 Å². The predicted octanol–water partition coefficient (Wildman–Crippen LogP) is 2.70. The number of nitrogens with zero attached hydrogens (tertiary/aromatic N) is 2. The van der Waals surface area contributed by atoms with Gasteiger partial charge in [0.05, 0.1) is 11.9 Å². The molecule has 3 rings (SSSR count). The Hall–Kier alpha value is -3.14. The summed E-state index contributed by atoms with van der Waals surface area (Å²) in [5.74, 6) is -0.999. The highest BCUT2D eigenvalue weighted by molar-refractivity contribution is 7.99. The summed E-state index contributed by atoms with van der Waals surface area (Å²) in [6.45, 7) is 5.70. The SMILES string of the molecule is CC(=O)O[C@@H]1[C@@H](OC(C)=O)[C@@H](Oc2cncc(-c3cc(C)ccn3)c2)SC[C@H]1OC(C)=O. The minimum Gasteiger partial charge on any atom is -0.474 e. The molecule has 2 aromatic heterocycles. The standard InChI is InChI=1S/C22H24N2O7S/c1-12-5-6-24-18(7-12)16-8-17(10-23-9-16)31-22-21(30-15(4)27)20(29-14(3)26)19(11-32-22)28-13(2)25/h5-10,19-22H,11H2,1-4H3/t19-,20+,21-,22+/m1/s1. The molecule has 10 heteroatoms. The molecule has 3 heterocycles. The number of hydrogen-bond acceptors (Lipinski definition) is 10. The molecule has 1 aliphatic rings. The van der Waals surface area contributed by atoms with Gasteiger partial charge in [0, 0.05) is 44.5 Å². The fourth-order valence-corrected chi connectivity index (χ4v) is 4.48. The zero-order valence-corrected chi connectivity index (χ0v) is 19.0. The number of carbonyl (C=O) groups excluding carboxylic acids is 3. The van der Waals surface area contributed by atoms with Gasteiger partial charge in [0.25, 0.3) is 0 Å². The van der Waals surface area contributed by atoms with E-state index in [1.54, 1.807) is 18.5 Å². The largest absolute Gasteiger partial charge is 0.474 e. The highest BCUT2D eigenvalue weighted by Gasteiger charge is 2.47. The van der Waals surface area contributed by atoms with Gasteiger partial charge in [0.2, 0.25) is 0 Å². The maximum absolute atomic E-state index is 11.8. The van der Waals surface area contributed by atoms with Crippen LogP contribution in [0.2, 0.25) is 0 Å². The quantitative estimate of drug-likeness (QED) is 0.471. The van der Waals surface area contributed by atoms with Crippen molar-refractivity contribution in [2.45, 2.75) is 51.4 Å². The minimum atomic E-state index is -1.01. The van der Waals surface area contributed by atoms with E-state index in [2.05, 4.69) is 9.97 Å². The molecular weight excluding hydrogens is 436 g/mol. The van der Waals surface area contributed by atoms with Crippen LogP contribution in [0.15, 0.2) is 36.8 Å². The van der Waals surface area contributed by atoms with Crippen molar-refractivity contribution in [3.63, 3.8) is 0 Å². The van der Waals surface area contributed by atoms with Crippen LogP contribution in [0.5, 0.6) is 5.75 Å². The van der Waals surface area contributed by atoms with Crippen LogP contribution in [0.3, 0.4) is 0 Å². The number of pyridine rings is 2. The van der Waals surface area contributed by atoms with Gasteiger partial charge in [-0.15, -0.1) is 11.8 Å². The Bertz CT molecular complexity index is 1000. The predicted molar refractivity (Wildman–Crippen MR) is 116 cm³/mol. The molecule has 0 aromatic carbocycles. The van der Waals surface area contributed by atoms with Crippen LogP contribution in [0.4, 0.5) is 0 Å². The summed E-state index contributed by atoms with van der Waals surface area (Å²) in [7, 11) is 0. The molecule has 0 unspecified atom stereocenters. The van der Waals surface area contributed by atoms with Gasteiger partial charge in [-0.25, -0.2) is 0 Å². The summed E-state index contributed by atoms with van der Waals surface area (Å²) in [5, 5.41) is 0. The van der Waals surface area contributed by atoms with E-state index in [4.69, 9.17) is 18.9 Å². The van der Waals surface area contributed by atoms with Crippen molar-refractivity contribution in [1.82, 2.24) is 9.97 Å². The second-order valence-corrected chi connectivity index (χ2v) is 8.37. The molecule has 1 aliphatic heterocycles. The average molecular weight is 461 g/mol. The molecule has 9 nitrogen and oxygen atoms in total. The van der Waals surface area contributed by atoms with Crippen molar-refractivity contribution < 1.29 is 33.3 Å². The topological polar surface area (TPSA) is 114 Å². The maximum Gasteiger partial charge on any atom is 0.303 e. The Morgan fingerprint density at radius 1 is 0.969 bits per heavy atom. The van der Waals surface area contributed by atoms with Gasteiger partial charge in [-0.05, 0) is 30.7 Å². The van der Waals surface area contributed by atoms with E-state index in [1.165, 1.54) is 38.7 Å². The van der Waals surface area contributed by atoms with Crippen LogP contribution in [0, 0.1) is 6.92 Å². The lowest BCUT2D eigenvalue weighted by atomic mass is 10.1. The average Bonchev–Trinajstić information content (AvgIpc) is 2.71. The van der Waals surface area contributed by atoms with E-state index in [0.29, 0.717) is 5.75 Å². The van der Waals surface area contributed by atoms with Gasteiger partial charge in [-0.2, -0.15) is 0 Å². The first-order chi connectivity index (χ1) is 15.2. The van der Waals surface area contributed by atoms with Gasteiger partial charge < -0.3 is 18.9 Å². The van der Waals surface area contributed by atoms with Crippen LogP contribution in [0.25, 0.3) is 11.3 Å². The van der Waals surface area contributed by atoms with Crippen molar-refractivity contribution in [3.05, 3.63) is 42.4 Å². The molecule has 4 atom stereocenters. The third-order valence-corrected chi connectivity index (χ3v) is 5.70. The van der Waals surface area contributed by atoms with Crippen molar-refractivity contribution >= 4 is 29.7 Å². The summed E-state index contributed by atoms with van der Waals surface area (Å²) in [6.07, 6.45) is 2.12. The number of aryl methyl sites for hydroxylation is 1. The number of aromatic nitrogens is 2. The summed E-state index contributed by atoms with van der Waals surface area (Å²) in [6, 6.07) is 5.60. The molecule has 0 radical (unpaired) electrons. The van der Waals surface area contributed by atoms with Gasteiger partial charge in [-0.1, -0.05) is 0 Å². The molecule has 0 amide bonds. The monoisotopic (exact) mass is 460 g/mol. The molecule has 170 valence electrons. The van der Waals surface area contributed by atoms with Crippen LogP contribution >= 0.6 is 11.8 Å². The summed E-state index contributed by atoms with van der Waals surface area (Å²) in [4.78, 5) is 43.6. The molecular formula is C22H24N2O7S. The van der Waals surface area contributed by atoms with Crippen LogP contribution < -0.4 is 4.74 Å². The van der Waals surface area contributed by atoms with Gasteiger partial charge in [0.15, 0.2) is 23.7 Å². The fourth-order valence-electron chi connectivity index (χ4n) is 3.26. The molecule has 1 saturated heterocycles. The lowest BCUT2D eigenvalue weighted by molar-refractivity contribution is -0.186. The molecule has 0 N–H and O–H groups in total. The summed E-state index contributed by atoms with van der Waals surface area (Å²) >= 11 is 1.28. The Morgan fingerprint density at radius 2 is 1.66 bits per heavy atom. The van der Waals surface area contributed by atoms with Crippen LogP contribution in [-0.4, -0.2) is 57.4 Å². The van der Waals surface area contributed by atoms with E-state index in [1.807, 2.05) is 19.1 Å².